The number of carbonyl (C=O) groups is 1. The minimum atomic E-state index is -0.687. The van der Waals surface area contributed by atoms with Crippen LogP contribution in [0.1, 0.15) is 27.2 Å². The van der Waals surface area contributed by atoms with Gasteiger partial charge in [-0.1, -0.05) is 11.6 Å². The van der Waals surface area contributed by atoms with Crippen molar-refractivity contribution in [3.63, 3.8) is 0 Å². The van der Waals surface area contributed by atoms with Crippen molar-refractivity contribution in [3.8, 4) is 0 Å². The molecule has 0 fully saturated rings. The standard InChI is InChI=1S/C13H20ClN3OS/c1-9(2)17-13(3,12(15)18)6-7-19-11-5-4-10(14)8-16-11/h4-5,8-9,17H,6-7H2,1-3H3,(H2,15,18). The van der Waals surface area contributed by atoms with Crippen LogP contribution in [-0.2, 0) is 4.79 Å². The highest BCUT2D eigenvalue weighted by molar-refractivity contribution is 7.99. The maximum absolute atomic E-state index is 11.6. The van der Waals surface area contributed by atoms with Gasteiger partial charge in [-0.05, 0) is 39.3 Å². The van der Waals surface area contributed by atoms with Crippen LogP contribution in [0.15, 0.2) is 23.4 Å². The molecule has 1 heterocycles. The van der Waals surface area contributed by atoms with Gasteiger partial charge in [0.25, 0.3) is 0 Å². The first-order valence-corrected chi connectivity index (χ1v) is 7.52. The number of nitrogens with one attached hydrogen (secondary N) is 1. The molecule has 0 aliphatic carbocycles. The predicted molar refractivity (Wildman–Crippen MR) is 80.5 cm³/mol. The zero-order valence-electron chi connectivity index (χ0n) is 11.4. The van der Waals surface area contributed by atoms with Crippen molar-refractivity contribution in [2.45, 2.75) is 43.8 Å². The molecule has 0 aliphatic heterocycles. The van der Waals surface area contributed by atoms with Crippen LogP contribution >= 0.6 is 23.4 Å². The molecule has 0 saturated carbocycles. The fourth-order valence-corrected chi connectivity index (χ4v) is 2.83. The summed E-state index contributed by atoms with van der Waals surface area (Å²) in [5.74, 6) is 0.430. The maximum atomic E-state index is 11.6. The van der Waals surface area contributed by atoms with Crippen molar-refractivity contribution in [1.29, 1.82) is 0 Å². The molecule has 0 saturated heterocycles. The number of rotatable bonds is 7. The summed E-state index contributed by atoms with van der Waals surface area (Å²) in [6.07, 6.45) is 2.26. The van der Waals surface area contributed by atoms with E-state index in [1.165, 1.54) is 0 Å². The normalized spacial score (nSPS) is 14.4. The summed E-state index contributed by atoms with van der Waals surface area (Å²) < 4.78 is 0. The van der Waals surface area contributed by atoms with Crippen LogP contribution in [0, 0.1) is 0 Å². The van der Waals surface area contributed by atoms with E-state index < -0.39 is 5.54 Å². The molecule has 3 N–H and O–H groups in total. The van der Waals surface area contributed by atoms with Crippen LogP contribution in [0.25, 0.3) is 0 Å². The van der Waals surface area contributed by atoms with Crippen LogP contribution in [0.3, 0.4) is 0 Å². The van der Waals surface area contributed by atoms with Gasteiger partial charge in [-0.3, -0.25) is 4.79 Å². The number of nitrogens with two attached hydrogens (primary N) is 1. The van der Waals surface area contributed by atoms with Crippen molar-refractivity contribution < 1.29 is 4.79 Å². The number of hydrogen-bond donors (Lipinski definition) is 2. The number of primary amides is 1. The van der Waals surface area contributed by atoms with Gasteiger partial charge in [-0.15, -0.1) is 11.8 Å². The number of nitrogens with zero attached hydrogens (tertiary/aromatic N) is 1. The molecule has 1 aromatic rings. The molecule has 6 heteroatoms. The average Bonchev–Trinajstić information content (AvgIpc) is 2.30. The summed E-state index contributed by atoms with van der Waals surface area (Å²) in [6, 6.07) is 3.87. The number of halogens is 1. The van der Waals surface area contributed by atoms with Crippen LogP contribution < -0.4 is 11.1 Å². The highest BCUT2D eigenvalue weighted by atomic mass is 35.5. The van der Waals surface area contributed by atoms with Crippen LogP contribution in [0.4, 0.5) is 0 Å². The Kier molecular flexibility index (Phi) is 6.10. The Balaban J connectivity index is 2.53. The molecule has 0 spiro atoms. The first-order valence-electron chi connectivity index (χ1n) is 6.15. The van der Waals surface area contributed by atoms with E-state index in [2.05, 4.69) is 10.3 Å². The number of aromatic nitrogens is 1. The van der Waals surface area contributed by atoms with Gasteiger partial charge in [0.15, 0.2) is 0 Å². The molecule has 0 aliphatic rings. The van der Waals surface area contributed by atoms with E-state index in [1.807, 2.05) is 26.8 Å². The Morgan fingerprint density at radius 3 is 2.74 bits per heavy atom. The summed E-state index contributed by atoms with van der Waals surface area (Å²) in [4.78, 5) is 15.8. The molecule has 0 radical (unpaired) electrons. The predicted octanol–water partition coefficient (Wildman–Crippen LogP) is 2.46. The van der Waals surface area contributed by atoms with E-state index in [1.54, 1.807) is 24.0 Å². The quantitative estimate of drug-likeness (QED) is 0.759. The van der Waals surface area contributed by atoms with Crippen LogP contribution in [-0.4, -0.2) is 28.2 Å². The van der Waals surface area contributed by atoms with Crippen molar-refractivity contribution in [2.24, 2.45) is 5.73 Å². The van der Waals surface area contributed by atoms with Gasteiger partial charge >= 0.3 is 0 Å². The van der Waals surface area contributed by atoms with Gasteiger partial charge < -0.3 is 11.1 Å². The van der Waals surface area contributed by atoms with E-state index in [0.717, 1.165) is 10.8 Å². The second-order valence-electron chi connectivity index (χ2n) is 4.91. The van der Waals surface area contributed by atoms with Crippen LogP contribution in [0.2, 0.25) is 5.02 Å². The highest BCUT2D eigenvalue weighted by Gasteiger charge is 2.30. The van der Waals surface area contributed by atoms with Gasteiger partial charge in [0.05, 0.1) is 15.6 Å². The molecule has 0 bridgehead atoms. The second-order valence-corrected chi connectivity index (χ2v) is 6.46. The Hall–Kier alpha value is -0.780. The molecule has 106 valence electrons. The Morgan fingerprint density at radius 1 is 1.58 bits per heavy atom. The molecule has 1 rings (SSSR count). The van der Waals surface area contributed by atoms with Crippen molar-refractivity contribution in [3.05, 3.63) is 23.4 Å². The van der Waals surface area contributed by atoms with Gasteiger partial charge in [-0.2, -0.15) is 0 Å². The minimum Gasteiger partial charge on any atom is -0.368 e. The minimum absolute atomic E-state index is 0.205. The first-order chi connectivity index (χ1) is 8.83. The Labute approximate surface area is 123 Å². The van der Waals surface area contributed by atoms with Gasteiger partial charge in [0, 0.05) is 18.0 Å². The zero-order chi connectivity index (χ0) is 14.5. The third-order valence-corrected chi connectivity index (χ3v) is 3.87. The molecular weight excluding hydrogens is 282 g/mol. The molecule has 4 nitrogen and oxygen atoms in total. The third kappa shape index (κ3) is 5.38. The SMILES string of the molecule is CC(C)NC(C)(CCSc1ccc(Cl)cn1)C(N)=O. The Bertz CT molecular complexity index is 424. The third-order valence-electron chi connectivity index (χ3n) is 2.70. The average molecular weight is 302 g/mol. The number of pyridine rings is 1. The zero-order valence-corrected chi connectivity index (χ0v) is 13.0. The molecule has 1 amide bonds. The van der Waals surface area contributed by atoms with Crippen LogP contribution in [0.5, 0.6) is 0 Å². The van der Waals surface area contributed by atoms with Crippen molar-refractivity contribution in [2.75, 3.05) is 5.75 Å². The van der Waals surface area contributed by atoms with E-state index in [4.69, 9.17) is 17.3 Å². The summed E-state index contributed by atoms with van der Waals surface area (Å²) in [7, 11) is 0. The van der Waals surface area contributed by atoms with Gasteiger partial charge in [-0.25, -0.2) is 4.98 Å². The number of carbonyl (C=O) groups excluding carboxylic acids is 1. The van der Waals surface area contributed by atoms with E-state index in [0.29, 0.717) is 11.4 Å². The number of amides is 1. The molecular formula is C13H20ClN3OS. The fraction of sp³-hybridized carbons (Fsp3) is 0.538. The lowest BCUT2D eigenvalue weighted by Gasteiger charge is -2.29. The summed E-state index contributed by atoms with van der Waals surface area (Å²) in [6.45, 7) is 5.83. The lowest BCUT2D eigenvalue weighted by molar-refractivity contribution is -0.124. The Morgan fingerprint density at radius 2 is 2.26 bits per heavy atom. The number of hydrogen-bond acceptors (Lipinski definition) is 4. The van der Waals surface area contributed by atoms with Crippen molar-refractivity contribution >= 4 is 29.3 Å². The molecule has 1 unspecified atom stereocenters. The molecule has 1 aromatic heterocycles. The number of thioether (sulfide) groups is 1. The van der Waals surface area contributed by atoms with Gasteiger partial charge in [0.2, 0.25) is 5.91 Å². The summed E-state index contributed by atoms with van der Waals surface area (Å²) >= 11 is 7.36. The lowest BCUT2D eigenvalue weighted by atomic mass is 9.97. The molecule has 0 aromatic carbocycles. The first kappa shape index (κ1) is 16.3. The maximum Gasteiger partial charge on any atom is 0.237 e. The van der Waals surface area contributed by atoms with E-state index in [-0.39, 0.29) is 11.9 Å². The smallest absolute Gasteiger partial charge is 0.237 e. The molecule has 1 atom stereocenters. The lowest BCUT2D eigenvalue weighted by Crippen LogP contribution is -2.55. The summed E-state index contributed by atoms with van der Waals surface area (Å²) in [5.41, 5.74) is 4.79. The van der Waals surface area contributed by atoms with E-state index >= 15 is 0 Å². The van der Waals surface area contributed by atoms with Gasteiger partial charge in [0.1, 0.15) is 0 Å². The fourth-order valence-electron chi connectivity index (χ4n) is 1.71. The largest absolute Gasteiger partial charge is 0.368 e. The topological polar surface area (TPSA) is 68.0 Å². The highest BCUT2D eigenvalue weighted by Crippen LogP contribution is 2.21. The van der Waals surface area contributed by atoms with E-state index in [9.17, 15) is 4.79 Å². The van der Waals surface area contributed by atoms with Crippen molar-refractivity contribution in [1.82, 2.24) is 10.3 Å². The summed E-state index contributed by atoms with van der Waals surface area (Å²) in [5, 5.41) is 4.73. The second kappa shape index (κ2) is 7.12. The monoisotopic (exact) mass is 301 g/mol. The molecule has 19 heavy (non-hydrogen) atoms.